The largest absolute Gasteiger partial charge is 0.480 e. The zero-order valence-corrected chi connectivity index (χ0v) is 10.4. The minimum absolute atomic E-state index is 0.359. The van der Waals surface area contributed by atoms with Crippen LogP contribution in [0.5, 0.6) is 0 Å². The summed E-state index contributed by atoms with van der Waals surface area (Å²) in [5, 5.41) is 12.4. The number of rotatable bonds is 6. The summed E-state index contributed by atoms with van der Waals surface area (Å²) < 4.78 is 0. The van der Waals surface area contributed by atoms with Crippen molar-refractivity contribution in [1.29, 1.82) is 0 Å². The standard InChI is InChI=1S/C12H24N2O2/c1-3-7-14(10(2)12(15)16)9-11-5-4-6-13-8-11/h10-11,13H,3-9H2,1-2H3,(H,15,16). The van der Waals surface area contributed by atoms with Crippen LogP contribution in [0.3, 0.4) is 0 Å². The molecule has 1 fully saturated rings. The first-order valence-electron chi connectivity index (χ1n) is 6.32. The number of aliphatic carboxylic acids is 1. The molecule has 4 heteroatoms. The van der Waals surface area contributed by atoms with Gasteiger partial charge in [-0.25, -0.2) is 0 Å². The molecule has 1 aliphatic heterocycles. The fourth-order valence-corrected chi connectivity index (χ4v) is 2.30. The van der Waals surface area contributed by atoms with Gasteiger partial charge in [0.1, 0.15) is 6.04 Å². The second-order valence-corrected chi connectivity index (χ2v) is 4.72. The highest BCUT2D eigenvalue weighted by molar-refractivity contribution is 5.72. The molecule has 16 heavy (non-hydrogen) atoms. The van der Waals surface area contributed by atoms with Gasteiger partial charge in [0.15, 0.2) is 0 Å². The van der Waals surface area contributed by atoms with Gasteiger partial charge in [-0.15, -0.1) is 0 Å². The molecular formula is C12H24N2O2. The summed E-state index contributed by atoms with van der Waals surface area (Å²) >= 11 is 0. The van der Waals surface area contributed by atoms with Crippen molar-refractivity contribution >= 4 is 5.97 Å². The highest BCUT2D eigenvalue weighted by Crippen LogP contribution is 2.14. The Labute approximate surface area is 98.0 Å². The fraction of sp³-hybridized carbons (Fsp3) is 0.917. The molecule has 0 spiro atoms. The summed E-state index contributed by atoms with van der Waals surface area (Å²) in [6, 6.07) is -0.359. The van der Waals surface area contributed by atoms with Crippen molar-refractivity contribution in [2.45, 2.75) is 39.2 Å². The van der Waals surface area contributed by atoms with Gasteiger partial charge >= 0.3 is 5.97 Å². The van der Waals surface area contributed by atoms with Crippen LogP contribution in [0, 0.1) is 5.92 Å². The minimum Gasteiger partial charge on any atom is -0.480 e. The molecule has 2 unspecified atom stereocenters. The molecule has 0 bridgehead atoms. The van der Waals surface area contributed by atoms with Gasteiger partial charge in [-0.1, -0.05) is 6.92 Å². The van der Waals surface area contributed by atoms with Crippen LogP contribution < -0.4 is 5.32 Å². The summed E-state index contributed by atoms with van der Waals surface area (Å²) in [7, 11) is 0. The third-order valence-electron chi connectivity index (χ3n) is 3.31. The molecule has 1 saturated heterocycles. The molecule has 4 nitrogen and oxygen atoms in total. The first-order chi connectivity index (χ1) is 7.65. The summed E-state index contributed by atoms with van der Waals surface area (Å²) in [5.41, 5.74) is 0. The Kier molecular flexibility index (Phi) is 5.77. The van der Waals surface area contributed by atoms with E-state index in [2.05, 4.69) is 17.1 Å². The van der Waals surface area contributed by atoms with E-state index < -0.39 is 5.97 Å². The van der Waals surface area contributed by atoms with Crippen LogP contribution in [0.1, 0.15) is 33.1 Å². The number of piperidine rings is 1. The third-order valence-corrected chi connectivity index (χ3v) is 3.31. The lowest BCUT2D eigenvalue weighted by atomic mass is 9.98. The number of nitrogens with one attached hydrogen (secondary N) is 1. The normalized spacial score (nSPS) is 23.3. The van der Waals surface area contributed by atoms with Gasteiger partial charge in [-0.2, -0.15) is 0 Å². The van der Waals surface area contributed by atoms with Crippen LogP contribution in [-0.2, 0) is 4.79 Å². The zero-order valence-electron chi connectivity index (χ0n) is 10.4. The van der Waals surface area contributed by atoms with Crippen LogP contribution in [0.4, 0.5) is 0 Å². The quantitative estimate of drug-likeness (QED) is 0.716. The molecule has 1 rings (SSSR count). The van der Waals surface area contributed by atoms with E-state index in [-0.39, 0.29) is 6.04 Å². The lowest BCUT2D eigenvalue weighted by molar-refractivity contribution is -0.142. The number of nitrogens with zero attached hydrogens (tertiary/aromatic N) is 1. The number of hydrogen-bond donors (Lipinski definition) is 2. The first-order valence-corrected chi connectivity index (χ1v) is 6.32. The van der Waals surface area contributed by atoms with Crippen LogP contribution in [0.25, 0.3) is 0 Å². The topological polar surface area (TPSA) is 52.6 Å². The van der Waals surface area contributed by atoms with E-state index >= 15 is 0 Å². The Bertz CT molecular complexity index is 215. The molecule has 0 amide bonds. The number of carboxylic acid groups (broad SMARTS) is 1. The molecule has 0 aliphatic carbocycles. The molecule has 1 aliphatic rings. The molecule has 94 valence electrons. The van der Waals surface area contributed by atoms with E-state index in [1.54, 1.807) is 6.92 Å². The van der Waals surface area contributed by atoms with Crippen molar-refractivity contribution < 1.29 is 9.90 Å². The van der Waals surface area contributed by atoms with Crippen molar-refractivity contribution in [1.82, 2.24) is 10.2 Å². The maximum absolute atomic E-state index is 11.0. The Morgan fingerprint density at radius 2 is 2.38 bits per heavy atom. The van der Waals surface area contributed by atoms with E-state index in [0.717, 1.165) is 32.6 Å². The van der Waals surface area contributed by atoms with Gasteiger partial charge < -0.3 is 10.4 Å². The van der Waals surface area contributed by atoms with Crippen molar-refractivity contribution in [2.24, 2.45) is 5.92 Å². The predicted octanol–water partition coefficient (Wildman–Crippen LogP) is 1.17. The Balaban J connectivity index is 2.45. The van der Waals surface area contributed by atoms with Crippen LogP contribution in [0.15, 0.2) is 0 Å². The lowest BCUT2D eigenvalue weighted by Gasteiger charge is -2.32. The Hall–Kier alpha value is -0.610. The molecule has 0 aromatic heterocycles. The van der Waals surface area contributed by atoms with Crippen molar-refractivity contribution in [3.05, 3.63) is 0 Å². The molecule has 1 heterocycles. The van der Waals surface area contributed by atoms with Gasteiger partial charge in [0.05, 0.1) is 0 Å². The van der Waals surface area contributed by atoms with Crippen LogP contribution in [-0.4, -0.2) is 48.2 Å². The molecule has 0 radical (unpaired) electrons. The fourth-order valence-electron chi connectivity index (χ4n) is 2.30. The number of hydrogen-bond acceptors (Lipinski definition) is 3. The maximum atomic E-state index is 11.0. The molecule has 2 atom stereocenters. The monoisotopic (exact) mass is 228 g/mol. The third kappa shape index (κ3) is 4.10. The molecule has 0 saturated carbocycles. The average Bonchev–Trinajstić information content (AvgIpc) is 2.29. The highest BCUT2D eigenvalue weighted by atomic mass is 16.4. The summed E-state index contributed by atoms with van der Waals surface area (Å²) in [4.78, 5) is 13.1. The van der Waals surface area contributed by atoms with Gasteiger partial charge in [0.25, 0.3) is 0 Å². The smallest absolute Gasteiger partial charge is 0.320 e. The minimum atomic E-state index is -0.711. The summed E-state index contributed by atoms with van der Waals surface area (Å²) in [5.74, 6) is -0.0979. The number of carbonyl (C=O) groups is 1. The average molecular weight is 228 g/mol. The van der Waals surface area contributed by atoms with E-state index in [4.69, 9.17) is 5.11 Å². The maximum Gasteiger partial charge on any atom is 0.320 e. The van der Waals surface area contributed by atoms with Gasteiger partial charge in [0, 0.05) is 6.54 Å². The van der Waals surface area contributed by atoms with Crippen molar-refractivity contribution in [3.63, 3.8) is 0 Å². The van der Waals surface area contributed by atoms with Gasteiger partial charge in [0.2, 0.25) is 0 Å². The second kappa shape index (κ2) is 6.86. The van der Waals surface area contributed by atoms with Crippen molar-refractivity contribution in [2.75, 3.05) is 26.2 Å². The molecule has 0 aromatic carbocycles. The van der Waals surface area contributed by atoms with Gasteiger partial charge in [-0.05, 0) is 51.7 Å². The second-order valence-electron chi connectivity index (χ2n) is 4.72. The SMILES string of the molecule is CCCN(CC1CCCNC1)C(C)C(=O)O. The number of carboxylic acids is 1. The van der Waals surface area contributed by atoms with Crippen LogP contribution >= 0.6 is 0 Å². The zero-order chi connectivity index (χ0) is 12.0. The molecule has 0 aromatic rings. The van der Waals surface area contributed by atoms with E-state index in [1.807, 2.05) is 0 Å². The van der Waals surface area contributed by atoms with E-state index in [9.17, 15) is 4.79 Å². The van der Waals surface area contributed by atoms with E-state index in [1.165, 1.54) is 12.8 Å². The van der Waals surface area contributed by atoms with E-state index in [0.29, 0.717) is 5.92 Å². The lowest BCUT2D eigenvalue weighted by Crippen LogP contribution is -2.45. The molecule has 2 N–H and O–H groups in total. The summed E-state index contributed by atoms with van der Waals surface area (Å²) in [6.45, 7) is 7.82. The molecular weight excluding hydrogens is 204 g/mol. The van der Waals surface area contributed by atoms with Crippen LogP contribution in [0.2, 0.25) is 0 Å². The Morgan fingerprint density at radius 1 is 1.62 bits per heavy atom. The van der Waals surface area contributed by atoms with Gasteiger partial charge in [-0.3, -0.25) is 9.69 Å². The Morgan fingerprint density at radius 3 is 2.88 bits per heavy atom. The predicted molar refractivity (Wildman–Crippen MR) is 64.6 cm³/mol. The highest BCUT2D eigenvalue weighted by Gasteiger charge is 2.23. The van der Waals surface area contributed by atoms with Crippen molar-refractivity contribution in [3.8, 4) is 0 Å². The first kappa shape index (κ1) is 13.5. The summed E-state index contributed by atoms with van der Waals surface area (Å²) in [6.07, 6.45) is 3.45.